The van der Waals surface area contributed by atoms with Crippen molar-refractivity contribution < 1.29 is 9.59 Å². The topological polar surface area (TPSA) is 34.1 Å². The van der Waals surface area contributed by atoms with Crippen LogP contribution in [0.4, 0.5) is 0 Å². The fourth-order valence-corrected chi connectivity index (χ4v) is 1.83. The second-order valence-corrected chi connectivity index (χ2v) is 3.61. The zero-order valence-electron chi connectivity index (χ0n) is 9.28. The minimum atomic E-state index is -0.852. The van der Waals surface area contributed by atoms with Gasteiger partial charge in [-0.25, -0.2) is 0 Å². The van der Waals surface area contributed by atoms with Crippen molar-refractivity contribution in [2.24, 2.45) is 5.41 Å². The Morgan fingerprint density at radius 2 is 1.93 bits per heavy atom. The van der Waals surface area contributed by atoms with Gasteiger partial charge in [-0.3, -0.25) is 9.59 Å². The molecule has 1 aliphatic rings. The molecule has 0 fully saturated rings. The molecule has 0 spiro atoms. The smallest absolute Gasteiger partial charge is 0.157 e. The van der Waals surface area contributed by atoms with Crippen molar-refractivity contribution in [3.63, 3.8) is 0 Å². The Bertz CT molecular complexity index is 372. The number of carbonyl (C=O) groups excluding carboxylic acids is 2. The summed E-state index contributed by atoms with van der Waals surface area (Å²) in [6, 6.07) is 0. The highest BCUT2D eigenvalue weighted by atomic mass is 16.1. The molecule has 0 bridgehead atoms. The van der Waals surface area contributed by atoms with Crippen LogP contribution in [0.15, 0.2) is 36.0 Å². The second-order valence-electron chi connectivity index (χ2n) is 3.61. The lowest BCUT2D eigenvalue weighted by Gasteiger charge is -2.30. The second kappa shape index (κ2) is 4.39. The van der Waals surface area contributed by atoms with Crippen LogP contribution in [-0.4, -0.2) is 11.6 Å². The molecular formula is C13H15O2. The lowest BCUT2D eigenvalue weighted by atomic mass is 9.70. The number of Topliss-reactive ketones (excluding diaryl/α,β-unsaturated/α-hetero) is 2. The van der Waals surface area contributed by atoms with E-state index in [2.05, 4.69) is 0 Å². The SMILES string of the molecule is C/C=C\C1(C(C)=O)[CH]C=CC=C1C(C)=O. The molecule has 1 rings (SSSR count). The van der Waals surface area contributed by atoms with E-state index in [0.29, 0.717) is 5.57 Å². The third-order valence-electron chi connectivity index (χ3n) is 2.57. The lowest BCUT2D eigenvalue weighted by molar-refractivity contribution is -0.124. The quantitative estimate of drug-likeness (QED) is 0.660. The first-order valence-electron chi connectivity index (χ1n) is 4.93. The standard InChI is InChI=1S/C13H15O2/c1-4-8-13(11(3)15)9-6-5-7-12(13)10(2)14/h4-9H,1-3H3/b8-4-. The Hall–Kier alpha value is -1.44. The molecule has 15 heavy (non-hydrogen) atoms. The molecule has 0 aromatic rings. The van der Waals surface area contributed by atoms with Crippen LogP contribution in [0.3, 0.4) is 0 Å². The predicted octanol–water partition coefficient (Wildman–Crippen LogP) is 2.43. The van der Waals surface area contributed by atoms with E-state index in [1.165, 1.54) is 13.8 Å². The minimum Gasteiger partial charge on any atom is -0.299 e. The molecule has 79 valence electrons. The summed E-state index contributed by atoms with van der Waals surface area (Å²) in [6.07, 6.45) is 10.6. The van der Waals surface area contributed by atoms with Crippen molar-refractivity contribution in [2.45, 2.75) is 20.8 Å². The average molecular weight is 203 g/mol. The van der Waals surface area contributed by atoms with Crippen LogP contribution in [0.1, 0.15) is 20.8 Å². The van der Waals surface area contributed by atoms with E-state index in [4.69, 9.17) is 0 Å². The molecule has 0 N–H and O–H groups in total. The van der Waals surface area contributed by atoms with E-state index < -0.39 is 5.41 Å². The number of carbonyl (C=O) groups is 2. The number of rotatable bonds is 3. The van der Waals surface area contributed by atoms with Gasteiger partial charge in [0.15, 0.2) is 5.78 Å². The van der Waals surface area contributed by atoms with Crippen molar-refractivity contribution in [1.82, 2.24) is 0 Å². The van der Waals surface area contributed by atoms with Crippen molar-refractivity contribution in [3.8, 4) is 0 Å². The van der Waals surface area contributed by atoms with Crippen LogP contribution in [0, 0.1) is 11.8 Å². The van der Waals surface area contributed by atoms with Crippen LogP contribution < -0.4 is 0 Å². The highest BCUT2D eigenvalue weighted by molar-refractivity contribution is 6.05. The maximum absolute atomic E-state index is 11.7. The van der Waals surface area contributed by atoms with Crippen molar-refractivity contribution in [3.05, 3.63) is 42.4 Å². The van der Waals surface area contributed by atoms with Gasteiger partial charge in [0, 0.05) is 12.0 Å². The van der Waals surface area contributed by atoms with Gasteiger partial charge < -0.3 is 0 Å². The van der Waals surface area contributed by atoms with Gasteiger partial charge in [0.25, 0.3) is 0 Å². The lowest BCUT2D eigenvalue weighted by Crippen LogP contribution is -2.33. The van der Waals surface area contributed by atoms with Gasteiger partial charge in [0.1, 0.15) is 5.78 Å². The van der Waals surface area contributed by atoms with E-state index in [0.717, 1.165) is 0 Å². The predicted molar refractivity (Wildman–Crippen MR) is 60.1 cm³/mol. The first kappa shape index (κ1) is 11.6. The van der Waals surface area contributed by atoms with Crippen molar-refractivity contribution in [2.75, 3.05) is 0 Å². The van der Waals surface area contributed by atoms with Gasteiger partial charge >= 0.3 is 0 Å². The summed E-state index contributed by atoms with van der Waals surface area (Å²) in [7, 11) is 0. The highest BCUT2D eigenvalue weighted by Gasteiger charge is 2.38. The summed E-state index contributed by atoms with van der Waals surface area (Å²) in [5, 5.41) is 0. The van der Waals surface area contributed by atoms with Crippen molar-refractivity contribution in [1.29, 1.82) is 0 Å². The first-order chi connectivity index (χ1) is 7.04. The van der Waals surface area contributed by atoms with Crippen LogP contribution >= 0.6 is 0 Å². The Morgan fingerprint density at radius 1 is 1.27 bits per heavy atom. The molecule has 1 radical (unpaired) electrons. The molecule has 1 atom stereocenters. The Balaban J connectivity index is 3.29. The molecule has 0 aromatic heterocycles. The molecule has 2 heteroatoms. The van der Waals surface area contributed by atoms with Gasteiger partial charge in [-0.2, -0.15) is 0 Å². The third-order valence-corrected chi connectivity index (χ3v) is 2.57. The van der Waals surface area contributed by atoms with E-state index in [1.807, 2.05) is 6.92 Å². The van der Waals surface area contributed by atoms with Gasteiger partial charge in [-0.1, -0.05) is 30.4 Å². The van der Waals surface area contributed by atoms with E-state index in [-0.39, 0.29) is 11.6 Å². The molecule has 0 aromatic carbocycles. The van der Waals surface area contributed by atoms with E-state index in [1.54, 1.807) is 36.8 Å². The van der Waals surface area contributed by atoms with Gasteiger partial charge in [-0.05, 0) is 20.8 Å². The molecule has 0 amide bonds. The molecule has 1 aliphatic carbocycles. The maximum Gasteiger partial charge on any atom is 0.157 e. The molecule has 0 saturated carbocycles. The maximum atomic E-state index is 11.7. The monoisotopic (exact) mass is 203 g/mol. The highest BCUT2D eigenvalue weighted by Crippen LogP contribution is 2.37. The largest absolute Gasteiger partial charge is 0.299 e. The zero-order chi connectivity index (χ0) is 11.5. The number of hydrogen-bond donors (Lipinski definition) is 0. The van der Waals surface area contributed by atoms with Crippen LogP contribution in [-0.2, 0) is 9.59 Å². The van der Waals surface area contributed by atoms with Gasteiger partial charge in [-0.15, -0.1) is 0 Å². The summed E-state index contributed by atoms with van der Waals surface area (Å²) in [6.45, 7) is 4.83. The normalized spacial score (nSPS) is 25.4. The molecule has 1 unspecified atom stereocenters. The summed E-state index contributed by atoms with van der Waals surface area (Å²) >= 11 is 0. The first-order valence-corrected chi connectivity index (χ1v) is 4.93. The third kappa shape index (κ3) is 1.99. The van der Waals surface area contributed by atoms with Gasteiger partial charge in [0.2, 0.25) is 0 Å². The van der Waals surface area contributed by atoms with Crippen LogP contribution in [0.25, 0.3) is 0 Å². The summed E-state index contributed by atoms with van der Waals surface area (Å²) in [5.74, 6) is -0.102. The molecule has 0 aliphatic heterocycles. The van der Waals surface area contributed by atoms with Gasteiger partial charge in [0.05, 0.1) is 5.41 Å². The Kier molecular flexibility index (Phi) is 3.40. The zero-order valence-corrected chi connectivity index (χ0v) is 9.28. The minimum absolute atomic E-state index is 0.0357. The summed E-state index contributed by atoms with van der Waals surface area (Å²) in [4.78, 5) is 23.2. The number of ketones is 2. The fourth-order valence-electron chi connectivity index (χ4n) is 1.83. The fraction of sp³-hybridized carbons (Fsp3) is 0.308. The van der Waals surface area contributed by atoms with Crippen molar-refractivity contribution >= 4 is 11.6 Å². The van der Waals surface area contributed by atoms with E-state index in [9.17, 15) is 9.59 Å². The number of allylic oxidation sites excluding steroid dienone is 6. The Labute approximate surface area is 90.4 Å². The van der Waals surface area contributed by atoms with E-state index >= 15 is 0 Å². The summed E-state index contributed by atoms with van der Waals surface area (Å²) in [5.41, 5.74) is -0.314. The molecular weight excluding hydrogens is 188 g/mol. The average Bonchev–Trinajstić information content (AvgIpc) is 2.18. The molecule has 0 saturated heterocycles. The van der Waals surface area contributed by atoms with Crippen LogP contribution in [0.5, 0.6) is 0 Å². The van der Waals surface area contributed by atoms with Crippen LogP contribution in [0.2, 0.25) is 0 Å². The number of hydrogen-bond acceptors (Lipinski definition) is 2. The molecule has 0 heterocycles. The Morgan fingerprint density at radius 3 is 2.40 bits per heavy atom. The summed E-state index contributed by atoms with van der Waals surface area (Å²) < 4.78 is 0. The molecule has 2 nitrogen and oxygen atoms in total.